The van der Waals surface area contributed by atoms with E-state index in [-0.39, 0.29) is 0 Å². The standard InChI is InChI=1S/C14H17N5/c1-9-3-2-4-10(7-9)17-13-11-8-16-6-5-12(11)18-14(15)19-13/h2-4,7,16H,5-6,8H2,1H3,(H3,15,17,18,19). The Labute approximate surface area is 112 Å². The predicted octanol–water partition coefficient (Wildman–Crippen LogP) is 1.76. The molecule has 0 unspecified atom stereocenters. The van der Waals surface area contributed by atoms with Crippen LogP contribution in [0.1, 0.15) is 16.8 Å². The van der Waals surface area contributed by atoms with E-state index in [9.17, 15) is 0 Å². The molecule has 0 saturated heterocycles. The molecule has 1 aromatic heterocycles. The molecule has 0 spiro atoms. The van der Waals surface area contributed by atoms with Gasteiger partial charge < -0.3 is 16.4 Å². The number of rotatable bonds is 2. The number of nitrogens with one attached hydrogen (secondary N) is 2. The Balaban J connectivity index is 1.98. The summed E-state index contributed by atoms with van der Waals surface area (Å²) in [6, 6.07) is 8.19. The van der Waals surface area contributed by atoms with Crippen LogP contribution in [0.25, 0.3) is 0 Å². The van der Waals surface area contributed by atoms with Gasteiger partial charge in [0.15, 0.2) is 0 Å². The van der Waals surface area contributed by atoms with E-state index in [0.717, 1.165) is 42.3 Å². The first kappa shape index (κ1) is 11.9. The van der Waals surface area contributed by atoms with Crippen LogP contribution >= 0.6 is 0 Å². The molecule has 0 fully saturated rings. The number of aromatic nitrogens is 2. The summed E-state index contributed by atoms with van der Waals surface area (Å²) in [5.41, 5.74) is 10.2. The van der Waals surface area contributed by atoms with Gasteiger partial charge in [-0.25, -0.2) is 4.98 Å². The summed E-state index contributed by atoms with van der Waals surface area (Å²) in [6.07, 6.45) is 0.893. The Morgan fingerprint density at radius 3 is 3.05 bits per heavy atom. The van der Waals surface area contributed by atoms with Gasteiger partial charge in [0.05, 0.1) is 5.69 Å². The highest BCUT2D eigenvalue weighted by molar-refractivity contribution is 5.62. The van der Waals surface area contributed by atoms with Crippen LogP contribution in [0, 0.1) is 6.92 Å². The number of benzene rings is 1. The van der Waals surface area contributed by atoms with Gasteiger partial charge in [-0.3, -0.25) is 0 Å². The Morgan fingerprint density at radius 1 is 1.32 bits per heavy atom. The molecule has 4 N–H and O–H groups in total. The molecular formula is C14H17N5. The van der Waals surface area contributed by atoms with Gasteiger partial charge in [-0.15, -0.1) is 0 Å². The van der Waals surface area contributed by atoms with Crippen LogP contribution in [0.4, 0.5) is 17.5 Å². The fraction of sp³-hybridized carbons (Fsp3) is 0.286. The fourth-order valence-corrected chi connectivity index (χ4v) is 2.33. The van der Waals surface area contributed by atoms with E-state index >= 15 is 0 Å². The van der Waals surface area contributed by atoms with Gasteiger partial charge in [0.2, 0.25) is 5.95 Å². The second-order valence-corrected chi connectivity index (χ2v) is 4.78. The molecule has 98 valence electrons. The molecule has 0 amide bonds. The van der Waals surface area contributed by atoms with Gasteiger partial charge in [0, 0.05) is 30.8 Å². The lowest BCUT2D eigenvalue weighted by molar-refractivity contribution is 0.629. The van der Waals surface area contributed by atoms with Gasteiger partial charge in [0.25, 0.3) is 0 Å². The molecule has 1 aromatic carbocycles. The molecule has 0 atom stereocenters. The maximum atomic E-state index is 5.78. The predicted molar refractivity (Wildman–Crippen MR) is 76.3 cm³/mol. The number of hydrogen-bond donors (Lipinski definition) is 3. The summed E-state index contributed by atoms with van der Waals surface area (Å²) in [5, 5.41) is 6.68. The van der Waals surface area contributed by atoms with Crippen molar-refractivity contribution in [3.63, 3.8) is 0 Å². The molecule has 2 heterocycles. The van der Waals surface area contributed by atoms with Crippen molar-refractivity contribution in [2.45, 2.75) is 19.9 Å². The largest absolute Gasteiger partial charge is 0.368 e. The fourth-order valence-electron chi connectivity index (χ4n) is 2.33. The first-order chi connectivity index (χ1) is 9.22. The van der Waals surface area contributed by atoms with Crippen LogP contribution in [0.3, 0.4) is 0 Å². The molecule has 19 heavy (non-hydrogen) atoms. The number of nitrogens with zero attached hydrogens (tertiary/aromatic N) is 2. The molecule has 5 nitrogen and oxygen atoms in total. The van der Waals surface area contributed by atoms with Crippen molar-refractivity contribution >= 4 is 17.5 Å². The van der Waals surface area contributed by atoms with Crippen molar-refractivity contribution in [2.24, 2.45) is 0 Å². The zero-order valence-corrected chi connectivity index (χ0v) is 10.9. The van der Waals surface area contributed by atoms with Gasteiger partial charge in [-0.2, -0.15) is 4.98 Å². The highest BCUT2D eigenvalue weighted by Crippen LogP contribution is 2.24. The number of hydrogen-bond acceptors (Lipinski definition) is 5. The average Bonchev–Trinajstić information content (AvgIpc) is 2.38. The van der Waals surface area contributed by atoms with Crippen molar-refractivity contribution < 1.29 is 0 Å². The molecule has 0 aliphatic carbocycles. The third-order valence-corrected chi connectivity index (χ3v) is 3.23. The Kier molecular flexibility index (Phi) is 3.05. The highest BCUT2D eigenvalue weighted by atomic mass is 15.1. The normalized spacial score (nSPS) is 13.9. The zero-order chi connectivity index (χ0) is 13.2. The SMILES string of the molecule is Cc1cccc(Nc2nc(N)nc3c2CNCC3)c1. The van der Waals surface area contributed by atoms with Crippen LogP contribution in [-0.4, -0.2) is 16.5 Å². The number of aryl methyl sites for hydroxylation is 1. The lowest BCUT2D eigenvalue weighted by atomic mass is 10.1. The minimum atomic E-state index is 0.329. The van der Waals surface area contributed by atoms with Crippen LogP contribution in [-0.2, 0) is 13.0 Å². The molecule has 3 rings (SSSR count). The van der Waals surface area contributed by atoms with E-state index in [2.05, 4.69) is 39.7 Å². The smallest absolute Gasteiger partial charge is 0.222 e. The highest BCUT2D eigenvalue weighted by Gasteiger charge is 2.16. The van der Waals surface area contributed by atoms with Crippen LogP contribution < -0.4 is 16.4 Å². The molecule has 1 aliphatic rings. The Bertz CT molecular complexity index is 609. The monoisotopic (exact) mass is 255 g/mol. The van der Waals surface area contributed by atoms with Gasteiger partial charge in [0.1, 0.15) is 5.82 Å². The molecule has 5 heteroatoms. The molecule has 0 radical (unpaired) electrons. The maximum Gasteiger partial charge on any atom is 0.222 e. The maximum absolute atomic E-state index is 5.78. The average molecular weight is 255 g/mol. The molecule has 0 saturated carbocycles. The van der Waals surface area contributed by atoms with Crippen LogP contribution in [0.2, 0.25) is 0 Å². The second kappa shape index (κ2) is 4.85. The van der Waals surface area contributed by atoms with E-state index in [1.54, 1.807) is 0 Å². The van der Waals surface area contributed by atoms with Crippen LogP contribution in [0.15, 0.2) is 24.3 Å². The minimum absolute atomic E-state index is 0.329. The summed E-state index contributed by atoms with van der Waals surface area (Å²) >= 11 is 0. The van der Waals surface area contributed by atoms with E-state index < -0.39 is 0 Å². The molecule has 2 aromatic rings. The number of anilines is 3. The summed E-state index contributed by atoms with van der Waals surface area (Å²) < 4.78 is 0. The van der Waals surface area contributed by atoms with E-state index in [4.69, 9.17) is 5.73 Å². The van der Waals surface area contributed by atoms with E-state index in [1.165, 1.54) is 5.56 Å². The van der Waals surface area contributed by atoms with Gasteiger partial charge in [-0.05, 0) is 24.6 Å². The van der Waals surface area contributed by atoms with Crippen molar-refractivity contribution in [1.29, 1.82) is 0 Å². The first-order valence-corrected chi connectivity index (χ1v) is 6.42. The third kappa shape index (κ3) is 2.51. The Morgan fingerprint density at radius 2 is 2.21 bits per heavy atom. The number of nitrogens with two attached hydrogens (primary N) is 1. The quantitative estimate of drug-likeness (QED) is 0.762. The minimum Gasteiger partial charge on any atom is -0.368 e. The third-order valence-electron chi connectivity index (χ3n) is 3.23. The molecular weight excluding hydrogens is 238 g/mol. The van der Waals surface area contributed by atoms with Crippen molar-refractivity contribution in [2.75, 3.05) is 17.6 Å². The second-order valence-electron chi connectivity index (χ2n) is 4.78. The van der Waals surface area contributed by atoms with Crippen molar-refractivity contribution in [1.82, 2.24) is 15.3 Å². The molecule has 0 bridgehead atoms. The Hall–Kier alpha value is -2.14. The summed E-state index contributed by atoms with van der Waals surface area (Å²) in [6.45, 7) is 3.79. The zero-order valence-electron chi connectivity index (χ0n) is 10.9. The van der Waals surface area contributed by atoms with Gasteiger partial charge >= 0.3 is 0 Å². The van der Waals surface area contributed by atoms with Crippen molar-refractivity contribution in [3.05, 3.63) is 41.1 Å². The lowest BCUT2D eigenvalue weighted by Gasteiger charge is -2.20. The van der Waals surface area contributed by atoms with E-state index in [0.29, 0.717) is 5.95 Å². The molecule has 1 aliphatic heterocycles. The van der Waals surface area contributed by atoms with Gasteiger partial charge in [-0.1, -0.05) is 12.1 Å². The lowest BCUT2D eigenvalue weighted by Crippen LogP contribution is -2.26. The van der Waals surface area contributed by atoms with Crippen LogP contribution in [0.5, 0.6) is 0 Å². The topological polar surface area (TPSA) is 75.9 Å². The number of nitrogen functional groups attached to an aromatic ring is 1. The number of fused-ring (bicyclic) bond motifs is 1. The van der Waals surface area contributed by atoms with E-state index in [1.807, 2.05) is 12.1 Å². The first-order valence-electron chi connectivity index (χ1n) is 6.42. The summed E-state index contributed by atoms with van der Waals surface area (Å²) in [4.78, 5) is 8.65. The summed E-state index contributed by atoms with van der Waals surface area (Å²) in [7, 11) is 0. The van der Waals surface area contributed by atoms with Crippen molar-refractivity contribution in [3.8, 4) is 0 Å². The summed E-state index contributed by atoms with van der Waals surface area (Å²) in [5.74, 6) is 1.14.